The number of ether oxygens (including phenoxy) is 1. The van der Waals surface area contributed by atoms with Crippen molar-refractivity contribution in [2.45, 2.75) is 37.7 Å². The van der Waals surface area contributed by atoms with Crippen molar-refractivity contribution in [2.24, 2.45) is 0 Å². The molecule has 4 rings (SSSR count). The zero-order valence-corrected chi connectivity index (χ0v) is 13.4. The van der Waals surface area contributed by atoms with Gasteiger partial charge in [-0.1, -0.05) is 54.6 Å². The molecule has 1 saturated heterocycles. The number of morpholine rings is 1. The lowest BCUT2D eigenvalue weighted by Crippen LogP contribution is -2.49. The van der Waals surface area contributed by atoms with Crippen LogP contribution in [0.25, 0.3) is 0 Å². The van der Waals surface area contributed by atoms with Crippen molar-refractivity contribution >= 4 is 0 Å². The van der Waals surface area contributed by atoms with Crippen molar-refractivity contribution in [1.82, 2.24) is 4.90 Å². The first-order valence-corrected chi connectivity index (χ1v) is 8.42. The second-order valence-electron chi connectivity index (χ2n) is 6.72. The SMILES string of the molecule is CC1CN(C2Cc3ccccc3C2O)CC(c2ccccc2)O1. The van der Waals surface area contributed by atoms with Crippen LogP contribution >= 0.6 is 0 Å². The lowest BCUT2D eigenvalue weighted by molar-refractivity contribution is -0.103. The molecule has 1 heterocycles. The first-order valence-electron chi connectivity index (χ1n) is 8.42. The number of hydrogen-bond acceptors (Lipinski definition) is 3. The van der Waals surface area contributed by atoms with Gasteiger partial charge < -0.3 is 9.84 Å². The first kappa shape index (κ1) is 14.9. The van der Waals surface area contributed by atoms with Gasteiger partial charge >= 0.3 is 0 Å². The number of hydrogen-bond donors (Lipinski definition) is 1. The Morgan fingerprint density at radius 1 is 1.00 bits per heavy atom. The molecule has 1 fully saturated rings. The smallest absolute Gasteiger partial charge is 0.0956 e. The molecule has 0 bridgehead atoms. The minimum Gasteiger partial charge on any atom is -0.387 e. The lowest BCUT2D eigenvalue weighted by atomic mass is 10.0. The van der Waals surface area contributed by atoms with E-state index < -0.39 is 6.10 Å². The highest BCUT2D eigenvalue weighted by Crippen LogP contribution is 2.37. The third kappa shape index (κ3) is 2.80. The lowest BCUT2D eigenvalue weighted by Gasteiger charge is -2.41. The van der Waals surface area contributed by atoms with E-state index in [4.69, 9.17) is 4.74 Å². The van der Waals surface area contributed by atoms with Crippen LogP contribution in [0, 0.1) is 0 Å². The minimum atomic E-state index is -0.395. The molecule has 3 heteroatoms. The monoisotopic (exact) mass is 309 g/mol. The van der Waals surface area contributed by atoms with E-state index in [2.05, 4.69) is 54.3 Å². The fraction of sp³-hybridized carbons (Fsp3) is 0.400. The molecule has 0 amide bonds. The molecular formula is C20H23NO2. The number of aliphatic hydroxyl groups is 1. The fourth-order valence-corrected chi connectivity index (χ4v) is 3.99. The molecule has 4 atom stereocenters. The molecule has 2 aromatic rings. The van der Waals surface area contributed by atoms with Crippen LogP contribution in [0.1, 0.15) is 35.8 Å². The molecule has 120 valence electrons. The van der Waals surface area contributed by atoms with E-state index in [9.17, 15) is 5.11 Å². The molecule has 1 N–H and O–H groups in total. The molecular weight excluding hydrogens is 286 g/mol. The normalized spacial score (nSPS) is 31.0. The fourth-order valence-electron chi connectivity index (χ4n) is 3.99. The van der Waals surface area contributed by atoms with Crippen molar-refractivity contribution in [1.29, 1.82) is 0 Å². The van der Waals surface area contributed by atoms with Gasteiger partial charge in [0.15, 0.2) is 0 Å². The van der Waals surface area contributed by atoms with Crippen LogP contribution < -0.4 is 0 Å². The molecule has 1 aliphatic carbocycles. The number of nitrogens with zero attached hydrogens (tertiary/aromatic N) is 1. The number of aliphatic hydroxyl groups excluding tert-OH is 1. The van der Waals surface area contributed by atoms with Gasteiger partial charge in [-0.3, -0.25) is 4.90 Å². The van der Waals surface area contributed by atoms with Crippen LogP contribution in [-0.4, -0.2) is 35.2 Å². The maximum Gasteiger partial charge on any atom is 0.0956 e. The van der Waals surface area contributed by atoms with E-state index in [0.717, 1.165) is 25.1 Å². The summed E-state index contributed by atoms with van der Waals surface area (Å²) < 4.78 is 6.15. The van der Waals surface area contributed by atoms with Crippen LogP contribution in [0.4, 0.5) is 0 Å². The summed E-state index contributed by atoms with van der Waals surface area (Å²) in [5.74, 6) is 0. The van der Waals surface area contributed by atoms with Crippen molar-refractivity contribution < 1.29 is 9.84 Å². The van der Waals surface area contributed by atoms with Crippen molar-refractivity contribution in [3.63, 3.8) is 0 Å². The minimum absolute atomic E-state index is 0.0795. The summed E-state index contributed by atoms with van der Waals surface area (Å²) in [6.45, 7) is 3.83. The highest BCUT2D eigenvalue weighted by atomic mass is 16.5. The van der Waals surface area contributed by atoms with Crippen LogP contribution in [-0.2, 0) is 11.2 Å². The maximum absolute atomic E-state index is 10.8. The summed E-state index contributed by atoms with van der Waals surface area (Å²) in [4.78, 5) is 2.41. The summed E-state index contributed by atoms with van der Waals surface area (Å²) in [6, 6.07) is 18.8. The molecule has 0 spiro atoms. The zero-order chi connectivity index (χ0) is 15.8. The van der Waals surface area contributed by atoms with Crippen molar-refractivity contribution in [3.8, 4) is 0 Å². The van der Waals surface area contributed by atoms with Gasteiger partial charge in [-0.25, -0.2) is 0 Å². The summed E-state index contributed by atoms with van der Waals surface area (Å²) in [7, 11) is 0. The largest absolute Gasteiger partial charge is 0.387 e. The summed E-state index contributed by atoms with van der Waals surface area (Å²) >= 11 is 0. The van der Waals surface area contributed by atoms with Gasteiger partial charge in [0.2, 0.25) is 0 Å². The summed E-state index contributed by atoms with van der Waals surface area (Å²) in [6.07, 6.45) is 0.777. The maximum atomic E-state index is 10.8. The predicted octanol–water partition coefficient (Wildman–Crippen LogP) is 3.11. The number of fused-ring (bicyclic) bond motifs is 1. The molecule has 3 nitrogen and oxygen atoms in total. The Bertz CT molecular complexity index is 672. The molecule has 0 saturated carbocycles. The zero-order valence-electron chi connectivity index (χ0n) is 13.4. The standard InChI is InChI=1S/C20H23NO2/c1-14-12-21(13-19(23-14)15-7-3-2-4-8-15)18-11-16-9-5-6-10-17(16)20(18)22/h2-10,14,18-20,22H,11-13H2,1H3. The van der Waals surface area contributed by atoms with Gasteiger partial charge in [0.05, 0.1) is 18.3 Å². The Hall–Kier alpha value is -1.68. The molecule has 23 heavy (non-hydrogen) atoms. The third-order valence-corrected chi connectivity index (χ3v) is 5.10. The Labute approximate surface area is 137 Å². The second kappa shape index (κ2) is 6.08. The first-order chi connectivity index (χ1) is 11.2. The van der Waals surface area contributed by atoms with Gasteiger partial charge in [-0.15, -0.1) is 0 Å². The van der Waals surface area contributed by atoms with Crippen molar-refractivity contribution in [2.75, 3.05) is 13.1 Å². The van der Waals surface area contributed by atoms with Crippen LogP contribution in [0.2, 0.25) is 0 Å². The molecule has 0 aromatic heterocycles. The molecule has 2 aliphatic rings. The van der Waals surface area contributed by atoms with Crippen LogP contribution in [0.5, 0.6) is 0 Å². The third-order valence-electron chi connectivity index (χ3n) is 5.10. The average molecular weight is 309 g/mol. The summed E-state index contributed by atoms with van der Waals surface area (Å²) in [5, 5.41) is 10.8. The predicted molar refractivity (Wildman–Crippen MR) is 90.2 cm³/mol. The molecule has 0 radical (unpaired) electrons. The van der Waals surface area contributed by atoms with E-state index in [-0.39, 0.29) is 18.2 Å². The Morgan fingerprint density at radius 2 is 1.74 bits per heavy atom. The average Bonchev–Trinajstić information content (AvgIpc) is 2.92. The van der Waals surface area contributed by atoms with E-state index in [1.54, 1.807) is 0 Å². The molecule has 1 aliphatic heterocycles. The van der Waals surface area contributed by atoms with Gasteiger partial charge in [-0.2, -0.15) is 0 Å². The van der Waals surface area contributed by atoms with E-state index >= 15 is 0 Å². The van der Waals surface area contributed by atoms with Gasteiger partial charge in [-0.05, 0) is 30.0 Å². The molecule has 2 aromatic carbocycles. The van der Waals surface area contributed by atoms with Crippen molar-refractivity contribution in [3.05, 3.63) is 71.3 Å². The van der Waals surface area contributed by atoms with Gasteiger partial charge in [0, 0.05) is 19.1 Å². The van der Waals surface area contributed by atoms with E-state index in [1.807, 2.05) is 12.1 Å². The molecule has 4 unspecified atom stereocenters. The highest BCUT2D eigenvalue weighted by molar-refractivity contribution is 5.36. The quantitative estimate of drug-likeness (QED) is 0.925. The Morgan fingerprint density at radius 3 is 2.52 bits per heavy atom. The Balaban J connectivity index is 1.55. The number of rotatable bonds is 2. The van der Waals surface area contributed by atoms with Gasteiger partial charge in [0.1, 0.15) is 0 Å². The highest BCUT2D eigenvalue weighted by Gasteiger charge is 2.38. The summed E-state index contributed by atoms with van der Waals surface area (Å²) in [5.41, 5.74) is 3.59. The van der Waals surface area contributed by atoms with E-state index in [0.29, 0.717) is 0 Å². The van der Waals surface area contributed by atoms with E-state index in [1.165, 1.54) is 11.1 Å². The number of benzene rings is 2. The van der Waals surface area contributed by atoms with Crippen LogP contribution in [0.3, 0.4) is 0 Å². The topological polar surface area (TPSA) is 32.7 Å². The Kier molecular flexibility index (Phi) is 3.93. The van der Waals surface area contributed by atoms with Crippen LogP contribution in [0.15, 0.2) is 54.6 Å². The second-order valence-corrected chi connectivity index (χ2v) is 6.72. The van der Waals surface area contributed by atoms with Gasteiger partial charge in [0.25, 0.3) is 0 Å².